The Labute approximate surface area is 136 Å². The average Bonchev–Trinajstić information content (AvgIpc) is 2.54. The molecule has 0 unspecified atom stereocenters. The van der Waals surface area contributed by atoms with Gasteiger partial charge in [-0.1, -0.05) is 36.4 Å². The molecule has 0 radical (unpaired) electrons. The smallest absolute Gasteiger partial charge is 0.387 e. The van der Waals surface area contributed by atoms with E-state index in [2.05, 4.69) is 10.1 Å². The third-order valence-electron chi connectivity index (χ3n) is 3.21. The van der Waals surface area contributed by atoms with Crippen LogP contribution < -0.4 is 10.1 Å². The van der Waals surface area contributed by atoms with Gasteiger partial charge in [0.1, 0.15) is 11.8 Å². The Morgan fingerprint density at radius 1 is 1.08 bits per heavy atom. The minimum absolute atomic E-state index is 0.0347. The molecule has 0 bridgehead atoms. The lowest BCUT2D eigenvalue weighted by atomic mass is 10.1. The maximum absolute atomic E-state index is 12.2. The summed E-state index contributed by atoms with van der Waals surface area (Å²) in [4.78, 5) is 23.5. The van der Waals surface area contributed by atoms with Crippen LogP contribution in [0, 0.1) is 0 Å². The number of carboxylic acid groups (broad SMARTS) is 1. The maximum atomic E-state index is 12.2. The fourth-order valence-electron chi connectivity index (χ4n) is 2.10. The summed E-state index contributed by atoms with van der Waals surface area (Å²) < 4.78 is 28.6. The molecular formula is C17H15F2NO4. The van der Waals surface area contributed by atoms with E-state index in [1.807, 2.05) is 0 Å². The van der Waals surface area contributed by atoms with Crippen molar-refractivity contribution in [2.45, 2.75) is 19.1 Å². The van der Waals surface area contributed by atoms with E-state index in [4.69, 9.17) is 0 Å². The summed E-state index contributed by atoms with van der Waals surface area (Å²) in [5.41, 5.74) is 0.785. The lowest BCUT2D eigenvalue weighted by Gasteiger charge is -2.15. The van der Waals surface area contributed by atoms with Gasteiger partial charge in [0.2, 0.25) is 0 Å². The van der Waals surface area contributed by atoms with Crippen molar-refractivity contribution in [1.29, 1.82) is 0 Å². The average molecular weight is 335 g/mol. The van der Waals surface area contributed by atoms with Crippen LogP contribution in [-0.4, -0.2) is 29.6 Å². The van der Waals surface area contributed by atoms with Gasteiger partial charge in [-0.15, -0.1) is 0 Å². The largest absolute Gasteiger partial charge is 0.480 e. The molecule has 126 valence electrons. The standard InChI is InChI=1S/C17H15F2NO4/c18-17(19)24-13-8-4-7-12(10-13)15(21)20-14(16(22)23)9-11-5-2-1-3-6-11/h1-8,10,14,17H,9H2,(H,20,21)(H,22,23)/t14-/m1/s1. The Balaban J connectivity index is 2.09. The predicted octanol–water partition coefficient (Wildman–Crippen LogP) is 2.71. The summed E-state index contributed by atoms with van der Waals surface area (Å²) in [7, 11) is 0. The molecule has 0 fully saturated rings. The first kappa shape index (κ1) is 17.4. The number of hydrogen-bond acceptors (Lipinski definition) is 3. The van der Waals surface area contributed by atoms with E-state index in [-0.39, 0.29) is 17.7 Å². The molecule has 0 spiro atoms. The van der Waals surface area contributed by atoms with Crippen molar-refractivity contribution in [3.8, 4) is 5.75 Å². The second-order valence-corrected chi connectivity index (χ2v) is 4.96. The van der Waals surface area contributed by atoms with Gasteiger partial charge >= 0.3 is 12.6 Å². The summed E-state index contributed by atoms with van der Waals surface area (Å²) in [5.74, 6) is -2.04. The predicted molar refractivity (Wildman–Crippen MR) is 82.1 cm³/mol. The van der Waals surface area contributed by atoms with E-state index in [0.29, 0.717) is 0 Å². The van der Waals surface area contributed by atoms with E-state index in [1.165, 1.54) is 18.2 Å². The minimum Gasteiger partial charge on any atom is -0.480 e. The zero-order valence-electron chi connectivity index (χ0n) is 12.5. The zero-order chi connectivity index (χ0) is 17.5. The number of carboxylic acids is 1. The number of benzene rings is 2. The van der Waals surface area contributed by atoms with Gasteiger partial charge in [-0.05, 0) is 23.8 Å². The van der Waals surface area contributed by atoms with Crippen molar-refractivity contribution in [3.05, 3.63) is 65.7 Å². The highest BCUT2D eigenvalue weighted by atomic mass is 19.3. The Hall–Kier alpha value is -2.96. The van der Waals surface area contributed by atoms with Crippen molar-refractivity contribution in [2.75, 3.05) is 0 Å². The second kappa shape index (κ2) is 8.05. The molecule has 0 aliphatic heterocycles. The number of alkyl halides is 2. The molecule has 2 aromatic carbocycles. The molecular weight excluding hydrogens is 320 g/mol. The number of carbonyl (C=O) groups excluding carboxylic acids is 1. The minimum atomic E-state index is -3.01. The highest BCUT2D eigenvalue weighted by Gasteiger charge is 2.21. The van der Waals surface area contributed by atoms with E-state index in [0.717, 1.165) is 11.6 Å². The summed E-state index contributed by atoms with van der Waals surface area (Å²) in [6, 6.07) is 12.9. The van der Waals surface area contributed by atoms with Gasteiger partial charge in [-0.2, -0.15) is 8.78 Å². The number of halogens is 2. The van der Waals surface area contributed by atoms with Gasteiger partial charge < -0.3 is 15.2 Å². The van der Waals surface area contributed by atoms with Gasteiger partial charge in [0.05, 0.1) is 0 Å². The van der Waals surface area contributed by atoms with E-state index < -0.39 is 24.5 Å². The van der Waals surface area contributed by atoms with E-state index in [1.54, 1.807) is 30.3 Å². The van der Waals surface area contributed by atoms with Crippen LogP contribution in [0.25, 0.3) is 0 Å². The molecule has 2 rings (SSSR count). The van der Waals surface area contributed by atoms with Crippen LogP contribution in [-0.2, 0) is 11.2 Å². The van der Waals surface area contributed by atoms with Gasteiger partial charge in [0.25, 0.3) is 5.91 Å². The first-order valence-electron chi connectivity index (χ1n) is 7.08. The molecule has 5 nitrogen and oxygen atoms in total. The van der Waals surface area contributed by atoms with Gasteiger partial charge in [0.15, 0.2) is 0 Å². The fourth-order valence-corrected chi connectivity index (χ4v) is 2.10. The molecule has 0 saturated heterocycles. The van der Waals surface area contributed by atoms with Crippen LogP contribution in [0.15, 0.2) is 54.6 Å². The van der Waals surface area contributed by atoms with E-state index in [9.17, 15) is 23.5 Å². The summed E-state index contributed by atoms with van der Waals surface area (Å²) in [6.45, 7) is -3.01. The third kappa shape index (κ3) is 5.05. The number of amides is 1. The monoisotopic (exact) mass is 335 g/mol. The summed E-state index contributed by atoms with van der Waals surface area (Å²) in [5, 5.41) is 11.6. The molecule has 24 heavy (non-hydrogen) atoms. The first-order valence-corrected chi connectivity index (χ1v) is 7.08. The molecule has 2 N–H and O–H groups in total. The SMILES string of the molecule is O=C(N[C@H](Cc1ccccc1)C(=O)O)c1cccc(OC(F)F)c1. The molecule has 7 heteroatoms. The summed E-state index contributed by atoms with van der Waals surface area (Å²) in [6.07, 6.45) is 0.106. The normalized spacial score (nSPS) is 11.8. The summed E-state index contributed by atoms with van der Waals surface area (Å²) >= 11 is 0. The Morgan fingerprint density at radius 3 is 2.42 bits per heavy atom. The Morgan fingerprint density at radius 2 is 1.79 bits per heavy atom. The second-order valence-electron chi connectivity index (χ2n) is 4.96. The quantitative estimate of drug-likeness (QED) is 0.816. The van der Waals surface area contributed by atoms with Crippen LogP contribution in [0.5, 0.6) is 5.75 Å². The molecule has 0 aromatic heterocycles. The van der Waals surface area contributed by atoms with Gasteiger partial charge in [-0.3, -0.25) is 4.79 Å². The van der Waals surface area contributed by atoms with Crippen molar-refractivity contribution in [2.24, 2.45) is 0 Å². The van der Waals surface area contributed by atoms with Crippen molar-refractivity contribution in [1.82, 2.24) is 5.32 Å². The Kier molecular flexibility index (Phi) is 5.83. The topological polar surface area (TPSA) is 75.6 Å². The molecule has 1 amide bonds. The fraction of sp³-hybridized carbons (Fsp3) is 0.176. The molecule has 0 aliphatic carbocycles. The zero-order valence-corrected chi connectivity index (χ0v) is 12.5. The first-order chi connectivity index (χ1) is 11.5. The van der Waals surface area contributed by atoms with Gasteiger partial charge in [-0.25, -0.2) is 4.79 Å². The number of rotatable bonds is 7. The lowest BCUT2D eigenvalue weighted by Crippen LogP contribution is -2.42. The molecule has 2 aromatic rings. The van der Waals surface area contributed by atoms with Crippen molar-refractivity contribution >= 4 is 11.9 Å². The van der Waals surface area contributed by atoms with Gasteiger partial charge in [0, 0.05) is 12.0 Å². The van der Waals surface area contributed by atoms with Crippen LogP contribution in [0.2, 0.25) is 0 Å². The van der Waals surface area contributed by atoms with Crippen LogP contribution in [0.1, 0.15) is 15.9 Å². The highest BCUT2D eigenvalue weighted by molar-refractivity contribution is 5.96. The lowest BCUT2D eigenvalue weighted by molar-refractivity contribution is -0.139. The maximum Gasteiger partial charge on any atom is 0.387 e. The number of ether oxygens (including phenoxy) is 1. The number of carbonyl (C=O) groups is 2. The highest BCUT2D eigenvalue weighted by Crippen LogP contribution is 2.16. The van der Waals surface area contributed by atoms with Crippen LogP contribution >= 0.6 is 0 Å². The molecule has 0 heterocycles. The van der Waals surface area contributed by atoms with Crippen LogP contribution in [0.4, 0.5) is 8.78 Å². The number of aliphatic carboxylic acids is 1. The van der Waals surface area contributed by atoms with E-state index >= 15 is 0 Å². The number of hydrogen-bond donors (Lipinski definition) is 2. The molecule has 0 aliphatic rings. The van der Waals surface area contributed by atoms with Crippen molar-refractivity contribution in [3.63, 3.8) is 0 Å². The Bertz CT molecular complexity index is 707. The van der Waals surface area contributed by atoms with Crippen LogP contribution in [0.3, 0.4) is 0 Å². The third-order valence-corrected chi connectivity index (χ3v) is 3.21. The molecule has 1 atom stereocenters. The van der Waals surface area contributed by atoms with Crippen molar-refractivity contribution < 1.29 is 28.2 Å². The number of nitrogens with one attached hydrogen (secondary N) is 1. The molecule has 0 saturated carbocycles.